The van der Waals surface area contributed by atoms with Crippen LogP contribution in [0.4, 0.5) is 13.2 Å². The number of hydrogen-bond donors (Lipinski definition) is 0. The predicted molar refractivity (Wildman–Crippen MR) is 123 cm³/mol. The topological polar surface area (TPSA) is 79.7 Å². The van der Waals surface area contributed by atoms with Crippen molar-refractivity contribution in [3.63, 3.8) is 0 Å². The van der Waals surface area contributed by atoms with E-state index in [9.17, 15) is 21.6 Å². The van der Waals surface area contributed by atoms with Gasteiger partial charge in [0.1, 0.15) is 11.5 Å². The highest BCUT2D eigenvalue weighted by atomic mass is 35.5. The molecule has 0 fully saturated rings. The smallest absolute Gasteiger partial charge is 0.497 e. The second-order valence-electron chi connectivity index (χ2n) is 7.28. The van der Waals surface area contributed by atoms with Gasteiger partial charge in [0.2, 0.25) is 5.88 Å². The molecule has 4 aromatic rings. The Balaban J connectivity index is 1.65. The summed E-state index contributed by atoms with van der Waals surface area (Å²) in [6.45, 7) is 0.203. The Kier molecular flexibility index (Phi) is 6.82. The van der Waals surface area contributed by atoms with E-state index < -0.39 is 22.1 Å². The van der Waals surface area contributed by atoms with E-state index in [1.54, 1.807) is 24.3 Å². The van der Waals surface area contributed by atoms with Crippen LogP contribution in [-0.4, -0.2) is 37.7 Å². The van der Waals surface area contributed by atoms with Crippen molar-refractivity contribution in [2.75, 3.05) is 13.7 Å². The molecule has 0 N–H and O–H groups in total. The minimum atomic E-state index is -4.89. The number of benzene rings is 3. The Morgan fingerprint density at radius 2 is 1.63 bits per heavy atom. The van der Waals surface area contributed by atoms with E-state index in [2.05, 4.69) is 9.84 Å². The zero-order valence-corrected chi connectivity index (χ0v) is 19.7. The molecule has 1 aromatic heterocycles. The van der Waals surface area contributed by atoms with Gasteiger partial charge in [-0.3, -0.25) is 0 Å². The molecule has 7 nitrogen and oxygen atoms in total. The van der Waals surface area contributed by atoms with Crippen LogP contribution in [0.5, 0.6) is 17.4 Å². The van der Waals surface area contributed by atoms with E-state index >= 15 is 0 Å². The van der Waals surface area contributed by atoms with Gasteiger partial charge in [0.25, 0.3) is 10.0 Å². The van der Waals surface area contributed by atoms with Crippen LogP contribution in [0.1, 0.15) is 5.56 Å². The predicted octanol–water partition coefficient (Wildman–Crippen LogP) is 5.46. The lowest BCUT2D eigenvalue weighted by Crippen LogP contribution is -2.17. The highest BCUT2D eigenvalue weighted by Crippen LogP contribution is 2.32. The molecule has 0 aliphatic heterocycles. The van der Waals surface area contributed by atoms with Gasteiger partial charge in [0.05, 0.1) is 29.5 Å². The Hall–Kier alpha value is -3.44. The van der Waals surface area contributed by atoms with Crippen molar-refractivity contribution in [3.8, 4) is 17.4 Å². The van der Waals surface area contributed by atoms with E-state index in [1.807, 2.05) is 12.1 Å². The average Bonchev–Trinajstić information content (AvgIpc) is 3.18. The highest BCUT2D eigenvalue weighted by molar-refractivity contribution is 7.90. The number of fused-ring (bicyclic) bond motifs is 1. The summed E-state index contributed by atoms with van der Waals surface area (Å²) in [5.41, 5.74) is 1.17. The second-order valence-corrected chi connectivity index (χ2v) is 9.48. The maximum absolute atomic E-state index is 13.3. The van der Waals surface area contributed by atoms with Crippen molar-refractivity contribution in [2.24, 2.45) is 0 Å². The zero-order chi connectivity index (χ0) is 25.2. The molecule has 4 rings (SSSR count). The van der Waals surface area contributed by atoms with Gasteiger partial charge in [-0.05, 0) is 60.2 Å². The highest BCUT2D eigenvalue weighted by Gasteiger charge is 2.31. The first-order chi connectivity index (χ1) is 16.6. The fraction of sp³-hybridized carbons (Fsp3) is 0.174. The van der Waals surface area contributed by atoms with Crippen molar-refractivity contribution < 1.29 is 35.8 Å². The third-order valence-corrected chi connectivity index (χ3v) is 6.80. The molecule has 0 amide bonds. The molecule has 3 aromatic carbocycles. The third-order valence-electron chi connectivity index (χ3n) is 4.95. The monoisotopic (exact) mass is 526 g/mol. The Bertz CT molecular complexity index is 1440. The summed E-state index contributed by atoms with van der Waals surface area (Å²) in [5.74, 6) is -0.0168. The molecule has 0 atom stereocenters. The third kappa shape index (κ3) is 5.63. The molecule has 0 aliphatic rings. The van der Waals surface area contributed by atoms with E-state index in [-0.39, 0.29) is 22.9 Å². The molecule has 0 unspecified atom stereocenters. The molecule has 35 heavy (non-hydrogen) atoms. The first-order valence-electron chi connectivity index (χ1n) is 10.1. The number of methoxy groups -OCH3 is 1. The number of rotatable bonds is 8. The Labute approximate surface area is 203 Å². The van der Waals surface area contributed by atoms with Crippen LogP contribution in [0, 0.1) is 0 Å². The van der Waals surface area contributed by atoms with Crippen molar-refractivity contribution in [1.29, 1.82) is 0 Å². The number of alkyl halides is 3. The van der Waals surface area contributed by atoms with E-state index in [0.717, 1.165) is 33.9 Å². The maximum atomic E-state index is 13.3. The van der Waals surface area contributed by atoms with Gasteiger partial charge in [-0.25, -0.2) is 0 Å². The minimum Gasteiger partial charge on any atom is -0.497 e. The van der Waals surface area contributed by atoms with Gasteiger partial charge in [0, 0.05) is 11.4 Å². The van der Waals surface area contributed by atoms with Gasteiger partial charge in [-0.1, -0.05) is 23.7 Å². The molecule has 184 valence electrons. The summed E-state index contributed by atoms with van der Waals surface area (Å²) in [4.78, 5) is -0.278. The number of halogens is 4. The summed E-state index contributed by atoms with van der Waals surface area (Å²) in [6, 6.07) is 15.7. The van der Waals surface area contributed by atoms with Crippen molar-refractivity contribution in [2.45, 2.75) is 17.7 Å². The van der Waals surface area contributed by atoms with Gasteiger partial charge in [0.15, 0.2) is 0 Å². The number of hydrogen-bond acceptors (Lipinski definition) is 6. The second kappa shape index (κ2) is 9.67. The number of nitrogens with zero attached hydrogens (tertiary/aromatic N) is 2. The van der Waals surface area contributed by atoms with Crippen LogP contribution < -0.4 is 14.2 Å². The van der Waals surface area contributed by atoms with Gasteiger partial charge < -0.3 is 14.2 Å². The van der Waals surface area contributed by atoms with E-state index in [4.69, 9.17) is 21.1 Å². The molecule has 0 saturated carbocycles. The van der Waals surface area contributed by atoms with Gasteiger partial charge in [-0.2, -0.15) is 8.42 Å². The van der Waals surface area contributed by atoms with Crippen LogP contribution in [-0.2, 0) is 16.4 Å². The lowest BCUT2D eigenvalue weighted by molar-refractivity contribution is -0.274. The van der Waals surface area contributed by atoms with Crippen molar-refractivity contribution >= 4 is 32.5 Å². The van der Waals surface area contributed by atoms with Crippen LogP contribution in [0.25, 0.3) is 10.9 Å². The first-order valence-corrected chi connectivity index (χ1v) is 11.9. The van der Waals surface area contributed by atoms with Gasteiger partial charge in [-0.15, -0.1) is 22.4 Å². The van der Waals surface area contributed by atoms with Crippen molar-refractivity contribution in [3.05, 3.63) is 77.3 Å². The van der Waals surface area contributed by atoms with E-state index in [0.29, 0.717) is 22.6 Å². The molecule has 0 spiro atoms. The standard InChI is InChI=1S/C23H18ClF3N2O5S/c1-32-18-8-11-21-20(14-18)22(33-13-12-15-2-4-16(24)5-3-15)28-29(21)35(30,31)19-9-6-17(7-10-19)34-23(25,26)27/h2-11,14H,12-13H2,1H3. The molecule has 12 heteroatoms. The lowest BCUT2D eigenvalue weighted by Gasteiger charge is -2.10. The molecule has 1 heterocycles. The minimum absolute atomic E-state index is 0.0634. The van der Waals surface area contributed by atoms with Crippen LogP contribution in [0.2, 0.25) is 5.02 Å². The fourth-order valence-electron chi connectivity index (χ4n) is 3.29. The first kappa shape index (κ1) is 24.7. The lowest BCUT2D eigenvalue weighted by atomic mass is 10.2. The molecular formula is C23H18ClF3N2O5S. The Morgan fingerprint density at radius 1 is 0.971 bits per heavy atom. The largest absolute Gasteiger partial charge is 0.573 e. The fourth-order valence-corrected chi connectivity index (χ4v) is 4.70. The van der Waals surface area contributed by atoms with Crippen molar-refractivity contribution in [1.82, 2.24) is 9.19 Å². The number of aromatic nitrogens is 2. The summed E-state index contributed by atoms with van der Waals surface area (Å²) >= 11 is 5.90. The molecule has 0 aliphatic carbocycles. The summed E-state index contributed by atoms with van der Waals surface area (Å²) in [5, 5.41) is 5.15. The van der Waals surface area contributed by atoms with Gasteiger partial charge >= 0.3 is 6.36 Å². The van der Waals surface area contributed by atoms with Crippen LogP contribution in [0.3, 0.4) is 0 Å². The molecule has 0 saturated heterocycles. The van der Waals surface area contributed by atoms with E-state index in [1.165, 1.54) is 13.2 Å². The summed E-state index contributed by atoms with van der Waals surface area (Å²) in [6.07, 6.45) is -4.38. The van der Waals surface area contributed by atoms with Crippen LogP contribution >= 0.6 is 11.6 Å². The van der Waals surface area contributed by atoms with Crippen LogP contribution in [0.15, 0.2) is 71.6 Å². The summed E-state index contributed by atoms with van der Waals surface area (Å²) < 4.78 is 79.4. The SMILES string of the molecule is COc1ccc2c(c1)c(OCCc1ccc(Cl)cc1)nn2S(=O)(=O)c1ccc(OC(F)(F)F)cc1. The molecule has 0 bridgehead atoms. The summed E-state index contributed by atoms with van der Waals surface area (Å²) in [7, 11) is -2.81. The zero-order valence-electron chi connectivity index (χ0n) is 18.1. The molecule has 0 radical (unpaired) electrons. The number of ether oxygens (including phenoxy) is 3. The normalized spacial score (nSPS) is 12.0. The molecular weight excluding hydrogens is 509 g/mol. The Morgan fingerprint density at radius 3 is 2.26 bits per heavy atom. The quantitative estimate of drug-likeness (QED) is 0.303. The maximum Gasteiger partial charge on any atom is 0.573 e. The average molecular weight is 527 g/mol.